The van der Waals surface area contributed by atoms with Crippen LogP contribution in [0, 0.1) is 5.92 Å². The lowest BCUT2D eigenvalue weighted by atomic mass is 9.86. The van der Waals surface area contributed by atoms with Gasteiger partial charge in [0.2, 0.25) is 5.91 Å². The molecular weight excluding hydrogens is 234 g/mol. The predicted octanol–water partition coefficient (Wildman–Crippen LogP) is 1.37. The monoisotopic (exact) mass is 255 g/mol. The fourth-order valence-electron chi connectivity index (χ4n) is 2.47. The quantitative estimate of drug-likeness (QED) is 0.801. The lowest BCUT2D eigenvalue weighted by Gasteiger charge is -2.36. The van der Waals surface area contributed by atoms with Gasteiger partial charge in [-0.1, -0.05) is 24.6 Å². The number of aliphatic imine (C=N–C) groups is 1. The third kappa shape index (κ3) is 3.63. The Balaban J connectivity index is 1.82. The molecule has 2 rings (SSSR count). The number of carbonyl (C=O) groups excluding carboxylic acids is 1. The summed E-state index contributed by atoms with van der Waals surface area (Å²) in [5.74, 6) is 1.97. The average Bonchev–Trinajstić information content (AvgIpc) is 2.36. The molecule has 2 aliphatic rings. The normalized spacial score (nSPS) is 30.5. The highest BCUT2D eigenvalue weighted by Crippen LogP contribution is 2.31. The van der Waals surface area contributed by atoms with Gasteiger partial charge in [0.25, 0.3) is 0 Å². The number of carbonyl (C=O) groups is 1. The minimum Gasteiger partial charge on any atom is -0.362 e. The number of fused-ring (bicyclic) bond motifs is 1. The Hall–Kier alpha value is -0.710. The van der Waals surface area contributed by atoms with E-state index in [0.717, 1.165) is 16.8 Å². The Morgan fingerprint density at radius 2 is 2.35 bits per heavy atom. The van der Waals surface area contributed by atoms with Crippen LogP contribution in [0.5, 0.6) is 0 Å². The predicted molar refractivity (Wildman–Crippen MR) is 72.3 cm³/mol. The largest absolute Gasteiger partial charge is 0.362 e. The third-order valence-electron chi connectivity index (χ3n) is 3.39. The zero-order chi connectivity index (χ0) is 12.1. The van der Waals surface area contributed by atoms with E-state index in [4.69, 9.17) is 0 Å². The zero-order valence-electron chi connectivity index (χ0n) is 10.4. The first kappa shape index (κ1) is 12.7. The van der Waals surface area contributed by atoms with Gasteiger partial charge in [0.05, 0.1) is 0 Å². The summed E-state index contributed by atoms with van der Waals surface area (Å²) >= 11 is 1.77. The highest BCUT2D eigenvalue weighted by molar-refractivity contribution is 8.13. The first-order valence-corrected chi connectivity index (χ1v) is 7.48. The Morgan fingerprint density at radius 3 is 3.18 bits per heavy atom. The second kappa shape index (κ2) is 6.28. The maximum absolute atomic E-state index is 11.3. The highest BCUT2D eigenvalue weighted by atomic mass is 32.2. The number of thioether (sulfide) groups is 1. The molecule has 1 aliphatic heterocycles. The number of nitrogens with zero attached hydrogens (tertiary/aromatic N) is 1. The van der Waals surface area contributed by atoms with Crippen LogP contribution in [-0.4, -0.2) is 36.0 Å². The van der Waals surface area contributed by atoms with Gasteiger partial charge >= 0.3 is 0 Å². The van der Waals surface area contributed by atoms with E-state index in [0.29, 0.717) is 12.6 Å². The van der Waals surface area contributed by atoms with Gasteiger partial charge in [-0.05, 0) is 25.7 Å². The topological polar surface area (TPSA) is 53.5 Å². The van der Waals surface area contributed by atoms with Crippen LogP contribution < -0.4 is 10.6 Å². The lowest BCUT2D eigenvalue weighted by molar-refractivity contribution is -0.119. The molecule has 96 valence electrons. The second-order valence-corrected chi connectivity index (χ2v) is 5.69. The Kier molecular flexibility index (Phi) is 4.71. The van der Waals surface area contributed by atoms with E-state index >= 15 is 0 Å². The van der Waals surface area contributed by atoms with Crippen LogP contribution in [0.1, 0.15) is 32.6 Å². The minimum absolute atomic E-state index is 0.00756. The van der Waals surface area contributed by atoms with Crippen LogP contribution in [0.4, 0.5) is 0 Å². The maximum Gasteiger partial charge on any atom is 0.241 e. The molecule has 1 amide bonds. The number of likely N-dealkylation sites (N-methyl/N-ethyl adjacent to an activating group) is 1. The molecule has 0 aromatic carbocycles. The first-order chi connectivity index (χ1) is 8.29. The van der Waals surface area contributed by atoms with Gasteiger partial charge in [0.1, 0.15) is 6.54 Å². The number of rotatable bonds is 3. The van der Waals surface area contributed by atoms with Crippen LogP contribution in [0.2, 0.25) is 0 Å². The molecule has 1 saturated heterocycles. The van der Waals surface area contributed by atoms with Gasteiger partial charge in [0.15, 0.2) is 5.17 Å². The summed E-state index contributed by atoms with van der Waals surface area (Å²) in [5, 5.41) is 7.20. The number of amidine groups is 1. The van der Waals surface area contributed by atoms with Crippen molar-refractivity contribution in [3.05, 3.63) is 0 Å². The van der Waals surface area contributed by atoms with Crippen molar-refractivity contribution in [3.63, 3.8) is 0 Å². The van der Waals surface area contributed by atoms with E-state index in [9.17, 15) is 4.79 Å². The molecule has 2 atom stereocenters. The molecule has 2 fully saturated rings. The van der Waals surface area contributed by atoms with Crippen LogP contribution in [0.3, 0.4) is 0 Å². The van der Waals surface area contributed by atoms with E-state index in [2.05, 4.69) is 15.6 Å². The van der Waals surface area contributed by atoms with E-state index < -0.39 is 0 Å². The van der Waals surface area contributed by atoms with Crippen molar-refractivity contribution in [1.82, 2.24) is 10.6 Å². The molecule has 0 spiro atoms. The number of amides is 1. The van der Waals surface area contributed by atoms with Gasteiger partial charge in [-0.2, -0.15) is 0 Å². The van der Waals surface area contributed by atoms with Gasteiger partial charge in [-0.15, -0.1) is 0 Å². The molecular formula is C12H21N3OS. The van der Waals surface area contributed by atoms with Crippen LogP contribution >= 0.6 is 11.8 Å². The summed E-state index contributed by atoms with van der Waals surface area (Å²) in [7, 11) is 0. The van der Waals surface area contributed by atoms with Crippen molar-refractivity contribution in [2.24, 2.45) is 10.9 Å². The van der Waals surface area contributed by atoms with Crippen molar-refractivity contribution >= 4 is 22.8 Å². The minimum atomic E-state index is 0.00756. The summed E-state index contributed by atoms with van der Waals surface area (Å²) in [5.41, 5.74) is 0. The van der Waals surface area contributed by atoms with E-state index in [1.54, 1.807) is 11.8 Å². The summed E-state index contributed by atoms with van der Waals surface area (Å²) in [6.07, 6.45) is 5.29. The zero-order valence-corrected chi connectivity index (χ0v) is 11.2. The summed E-state index contributed by atoms with van der Waals surface area (Å²) in [4.78, 5) is 15.7. The van der Waals surface area contributed by atoms with Crippen molar-refractivity contribution in [3.8, 4) is 0 Å². The fourth-order valence-corrected chi connectivity index (χ4v) is 3.63. The molecule has 0 aromatic heterocycles. The molecule has 2 N–H and O–H groups in total. The van der Waals surface area contributed by atoms with Crippen molar-refractivity contribution in [2.75, 3.05) is 18.8 Å². The van der Waals surface area contributed by atoms with E-state index in [-0.39, 0.29) is 12.5 Å². The molecule has 0 bridgehead atoms. The van der Waals surface area contributed by atoms with Crippen molar-refractivity contribution in [2.45, 2.75) is 38.6 Å². The van der Waals surface area contributed by atoms with Crippen LogP contribution in [-0.2, 0) is 4.79 Å². The fraction of sp³-hybridized carbons (Fsp3) is 0.833. The Labute approximate surface area is 107 Å². The molecule has 5 heteroatoms. The van der Waals surface area contributed by atoms with Gasteiger partial charge in [0, 0.05) is 18.3 Å². The van der Waals surface area contributed by atoms with E-state index in [1.807, 2.05) is 6.92 Å². The molecule has 1 saturated carbocycles. The summed E-state index contributed by atoms with van der Waals surface area (Å²) in [6, 6.07) is 0.595. The lowest BCUT2D eigenvalue weighted by Crippen LogP contribution is -2.46. The van der Waals surface area contributed by atoms with Gasteiger partial charge in [-0.25, -0.2) is 0 Å². The molecule has 4 nitrogen and oxygen atoms in total. The van der Waals surface area contributed by atoms with Crippen molar-refractivity contribution in [1.29, 1.82) is 0 Å². The highest BCUT2D eigenvalue weighted by Gasteiger charge is 2.30. The Morgan fingerprint density at radius 1 is 1.53 bits per heavy atom. The molecule has 1 heterocycles. The maximum atomic E-state index is 11.3. The number of hydrogen-bond acceptors (Lipinski definition) is 3. The van der Waals surface area contributed by atoms with Crippen LogP contribution in [0.25, 0.3) is 0 Å². The second-order valence-electron chi connectivity index (χ2n) is 4.68. The smallest absolute Gasteiger partial charge is 0.241 e. The third-order valence-corrected chi connectivity index (χ3v) is 4.51. The Bertz CT molecular complexity index is 306. The molecule has 2 unspecified atom stereocenters. The molecule has 17 heavy (non-hydrogen) atoms. The van der Waals surface area contributed by atoms with Crippen molar-refractivity contribution < 1.29 is 4.79 Å². The number of nitrogens with one attached hydrogen (secondary N) is 2. The van der Waals surface area contributed by atoms with Crippen LogP contribution in [0.15, 0.2) is 4.99 Å². The first-order valence-electron chi connectivity index (χ1n) is 6.50. The number of hydrogen-bond donors (Lipinski definition) is 2. The molecule has 0 aromatic rings. The molecule has 0 radical (unpaired) electrons. The van der Waals surface area contributed by atoms with Gasteiger partial charge in [-0.3, -0.25) is 9.79 Å². The molecule has 1 aliphatic carbocycles. The summed E-state index contributed by atoms with van der Waals surface area (Å²) < 4.78 is 0. The average molecular weight is 255 g/mol. The van der Waals surface area contributed by atoms with Gasteiger partial charge < -0.3 is 10.6 Å². The standard InChI is InChI=1S/C12H21N3OS/c1-2-13-11(16)7-14-12-15-10-6-4-3-5-9(10)8-17-12/h9-10H,2-8H2,1H3,(H,13,16)(H,14,15). The SMILES string of the molecule is CCNC(=O)CN=C1NC2CCCCC2CS1. The summed E-state index contributed by atoms with van der Waals surface area (Å²) in [6.45, 7) is 2.85. The van der Waals surface area contributed by atoms with E-state index in [1.165, 1.54) is 25.7 Å².